The van der Waals surface area contributed by atoms with Gasteiger partial charge in [0.25, 0.3) is 0 Å². The normalized spacial score (nSPS) is 22.4. The predicted molar refractivity (Wildman–Crippen MR) is 88.4 cm³/mol. The summed E-state index contributed by atoms with van der Waals surface area (Å²) in [5.74, 6) is 0.706. The van der Waals surface area contributed by atoms with E-state index < -0.39 is 0 Å². The number of aromatic nitrogens is 1. The summed E-state index contributed by atoms with van der Waals surface area (Å²) in [5, 5.41) is 7.19. The third kappa shape index (κ3) is 3.34. The van der Waals surface area contributed by atoms with Gasteiger partial charge in [-0.25, -0.2) is 4.98 Å². The molecular weight excluding hydrogens is 298 g/mol. The highest BCUT2D eigenvalue weighted by Crippen LogP contribution is 2.37. The zero-order valence-electron chi connectivity index (χ0n) is 13.2. The van der Waals surface area contributed by atoms with Crippen LogP contribution >= 0.6 is 11.3 Å². The summed E-state index contributed by atoms with van der Waals surface area (Å²) < 4.78 is 5.41. The fourth-order valence-corrected chi connectivity index (χ4v) is 4.35. The van der Waals surface area contributed by atoms with Crippen LogP contribution in [0.25, 0.3) is 0 Å². The van der Waals surface area contributed by atoms with Crippen LogP contribution in [0, 0.1) is 5.41 Å². The van der Waals surface area contributed by atoms with Gasteiger partial charge in [0.1, 0.15) is 0 Å². The molecule has 22 heavy (non-hydrogen) atoms. The van der Waals surface area contributed by atoms with Gasteiger partial charge in [0.05, 0.1) is 5.41 Å². The maximum absolute atomic E-state index is 12.7. The molecule has 1 amide bonds. The summed E-state index contributed by atoms with van der Waals surface area (Å²) in [6.07, 6.45) is 6.73. The van der Waals surface area contributed by atoms with Crippen LogP contribution in [0.5, 0.6) is 0 Å². The largest absolute Gasteiger partial charge is 0.381 e. The maximum Gasteiger partial charge on any atom is 0.232 e. The Labute approximate surface area is 135 Å². The van der Waals surface area contributed by atoms with Crippen LogP contribution in [0.15, 0.2) is 6.20 Å². The summed E-state index contributed by atoms with van der Waals surface area (Å²) in [4.78, 5) is 18.4. The molecule has 0 unspecified atom stereocenters. The molecule has 3 rings (SSSR count). The number of piperidine rings is 1. The van der Waals surface area contributed by atoms with Gasteiger partial charge in [0, 0.05) is 24.3 Å². The van der Waals surface area contributed by atoms with E-state index >= 15 is 0 Å². The molecule has 0 bridgehead atoms. The monoisotopic (exact) mass is 323 g/mol. The van der Waals surface area contributed by atoms with E-state index in [0.717, 1.165) is 50.3 Å². The average Bonchev–Trinajstić information content (AvgIpc) is 3.05. The van der Waals surface area contributed by atoms with Gasteiger partial charge in [-0.3, -0.25) is 4.79 Å². The molecule has 0 saturated carbocycles. The average molecular weight is 323 g/mol. The van der Waals surface area contributed by atoms with Crippen molar-refractivity contribution in [3.8, 4) is 0 Å². The molecule has 6 heteroatoms. The maximum atomic E-state index is 12.7. The fraction of sp³-hybridized carbons (Fsp3) is 0.750. The van der Waals surface area contributed by atoms with Gasteiger partial charge in [-0.1, -0.05) is 6.92 Å². The molecule has 2 saturated heterocycles. The Morgan fingerprint density at radius 2 is 2.18 bits per heavy atom. The van der Waals surface area contributed by atoms with E-state index in [1.807, 2.05) is 6.20 Å². The second-order valence-corrected chi connectivity index (χ2v) is 7.35. The second kappa shape index (κ2) is 7.06. The van der Waals surface area contributed by atoms with Gasteiger partial charge in [0.2, 0.25) is 5.91 Å². The lowest BCUT2D eigenvalue weighted by molar-refractivity contribution is -0.131. The van der Waals surface area contributed by atoms with Crippen molar-refractivity contribution in [3.05, 3.63) is 11.1 Å². The molecule has 0 aliphatic carbocycles. The molecule has 5 nitrogen and oxygen atoms in total. The lowest BCUT2D eigenvalue weighted by Gasteiger charge is -2.34. The van der Waals surface area contributed by atoms with Gasteiger partial charge in [0.15, 0.2) is 5.13 Å². The third-order valence-corrected chi connectivity index (χ3v) is 6.17. The number of hydrogen-bond donors (Lipinski definition) is 2. The highest BCUT2D eigenvalue weighted by molar-refractivity contribution is 7.15. The number of anilines is 1. The predicted octanol–water partition coefficient (Wildman–Crippen LogP) is 2.76. The van der Waals surface area contributed by atoms with Gasteiger partial charge in [-0.15, -0.1) is 11.3 Å². The number of rotatable bonds is 4. The number of nitrogens with one attached hydrogen (secondary N) is 2. The van der Waals surface area contributed by atoms with E-state index in [0.29, 0.717) is 19.1 Å². The van der Waals surface area contributed by atoms with E-state index in [1.165, 1.54) is 4.88 Å². The number of amides is 1. The molecule has 2 N–H and O–H groups in total. The molecule has 1 aromatic rings. The molecule has 0 spiro atoms. The van der Waals surface area contributed by atoms with Gasteiger partial charge in [-0.2, -0.15) is 0 Å². The first-order chi connectivity index (χ1) is 10.7. The Bertz CT molecular complexity index is 505. The quantitative estimate of drug-likeness (QED) is 0.894. The Balaban J connectivity index is 1.65. The lowest BCUT2D eigenvalue weighted by atomic mass is 9.77. The minimum absolute atomic E-state index is 0.115. The zero-order valence-corrected chi connectivity index (χ0v) is 14.0. The number of carbonyl (C=O) groups excluding carboxylic acids is 1. The molecule has 2 fully saturated rings. The summed E-state index contributed by atoms with van der Waals surface area (Å²) in [6, 6.07) is 0. The van der Waals surface area contributed by atoms with Crippen molar-refractivity contribution in [2.75, 3.05) is 31.6 Å². The number of hydrogen-bond acceptors (Lipinski definition) is 5. The fourth-order valence-electron chi connectivity index (χ4n) is 3.37. The van der Waals surface area contributed by atoms with E-state index in [1.54, 1.807) is 11.3 Å². The molecule has 0 atom stereocenters. The van der Waals surface area contributed by atoms with Crippen LogP contribution in [0.3, 0.4) is 0 Å². The van der Waals surface area contributed by atoms with Crippen molar-refractivity contribution < 1.29 is 9.53 Å². The van der Waals surface area contributed by atoms with Crippen LogP contribution in [0.4, 0.5) is 5.13 Å². The zero-order chi connectivity index (χ0) is 15.4. The van der Waals surface area contributed by atoms with Crippen LogP contribution in [-0.2, 0) is 9.53 Å². The Hall–Kier alpha value is -0.980. The first kappa shape index (κ1) is 15.9. The van der Waals surface area contributed by atoms with Crippen molar-refractivity contribution in [1.29, 1.82) is 0 Å². The van der Waals surface area contributed by atoms with Crippen molar-refractivity contribution >= 4 is 22.4 Å². The minimum atomic E-state index is -0.279. The number of thiazole rings is 1. The number of nitrogens with zero attached hydrogens (tertiary/aromatic N) is 1. The Morgan fingerprint density at radius 1 is 1.45 bits per heavy atom. The standard InChI is InChI=1S/C16H25N3O2S/c1-2-16(5-9-21-10-6-16)14(20)19-15-18-11-13(22-15)12-3-7-17-8-4-12/h11-12,17H,2-10H2,1H3,(H,18,19,20). The molecule has 2 aliphatic heterocycles. The molecule has 2 aliphatic rings. The Kier molecular flexibility index (Phi) is 5.10. The van der Waals surface area contributed by atoms with Crippen LogP contribution < -0.4 is 10.6 Å². The minimum Gasteiger partial charge on any atom is -0.381 e. The van der Waals surface area contributed by atoms with E-state index in [4.69, 9.17) is 4.74 Å². The molecule has 0 aromatic carbocycles. The molecule has 122 valence electrons. The third-order valence-electron chi connectivity index (χ3n) is 5.09. The smallest absolute Gasteiger partial charge is 0.232 e. The molecule has 0 radical (unpaired) electrons. The van der Waals surface area contributed by atoms with Gasteiger partial charge in [-0.05, 0) is 51.1 Å². The van der Waals surface area contributed by atoms with Crippen LogP contribution in [0.1, 0.15) is 49.8 Å². The summed E-state index contributed by atoms with van der Waals surface area (Å²) in [6.45, 7) is 5.60. The van der Waals surface area contributed by atoms with Crippen molar-refractivity contribution in [2.45, 2.75) is 44.9 Å². The highest BCUT2D eigenvalue weighted by atomic mass is 32.1. The first-order valence-corrected chi connectivity index (χ1v) is 9.11. The van der Waals surface area contributed by atoms with Gasteiger partial charge >= 0.3 is 0 Å². The van der Waals surface area contributed by atoms with Crippen molar-refractivity contribution in [2.24, 2.45) is 5.41 Å². The van der Waals surface area contributed by atoms with Crippen molar-refractivity contribution in [1.82, 2.24) is 10.3 Å². The topological polar surface area (TPSA) is 63.2 Å². The van der Waals surface area contributed by atoms with E-state index in [2.05, 4.69) is 22.5 Å². The van der Waals surface area contributed by atoms with Crippen LogP contribution in [-0.4, -0.2) is 37.2 Å². The van der Waals surface area contributed by atoms with Gasteiger partial charge < -0.3 is 15.4 Å². The first-order valence-electron chi connectivity index (χ1n) is 8.29. The van der Waals surface area contributed by atoms with Crippen molar-refractivity contribution in [3.63, 3.8) is 0 Å². The lowest BCUT2D eigenvalue weighted by Crippen LogP contribution is -2.40. The summed E-state index contributed by atoms with van der Waals surface area (Å²) >= 11 is 1.64. The SMILES string of the molecule is CCC1(C(=O)Nc2ncc(C3CCNCC3)s2)CCOCC1. The number of carbonyl (C=O) groups is 1. The summed E-state index contributed by atoms with van der Waals surface area (Å²) in [7, 11) is 0. The number of ether oxygens (including phenoxy) is 1. The van der Waals surface area contributed by atoms with E-state index in [9.17, 15) is 4.79 Å². The van der Waals surface area contributed by atoms with Crippen LogP contribution in [0.2, 0.25) is 0 Å². The summed E-state index contributed by atoms with van der Waals surface area (Å²) in [5.41, 5.74) is -0.279. The highest BCUT2D eigenvalue weighted by Gasteiger charge is 2.38. The second-order valence-electron chi connectivity index (χ2n) is 6.29. The molecule has 1 aromatic heterocycles. The molecule has 3 heterocycles. The molecular formula is C16H25N3O2S. The van der Waals surface area contributed by atoms with E-state index in [-0.39, 0.29) is 11.3 Å². The Morgan fingerprint density at radius 3 is 2.86 bits per heavy atom.